The summed E-state index contributed by atoms with van der Waals surface area (Å²) in [5.74, 6) is -2.21. The fraction of sp³-hybridized carbons (Fsp3) is 0.765. The molecule has 0 radical (unpaired) electrons. The Balaban J connectivity index is 2.21. The lowest BCUT2D eigenvalue weighted by atomic mass is 9.79. The maximum absolute atomic E-state index is 12.0. The molecule has 1 rings (SSSR count). The average Bonchev–Trinajstić information content (AvgIpc) is 2.49. The van der Waals surface area contributed by atoms with Crippen LogP contribution in [0.5, 0.6) is 0 Å². The van der Waals surface area contributed by atoms with Gasteiger partial charge >= 0.3 is 11.9 Å². The van der Waals surface area contributed by atoms with Gasteiger partial charge in [0.05, 0.1) is 18.4 Å². The van der Waals surface area contributed by atoms with Crippen LogP contribution in [-0.2, 0) is 14.3 Å². The van der Waals surface area contributed by atoms with Crippen molar-refractivity contribution in [2.45, 2.75) is 64.7 Å². The molecule has 1 saturated carbocycles. The van der Waals surface area contributed by atoms with Crippen LogP contribution in [0.2, 0.25) is 0 Å². The first-order valence-electron chi connectivity index (χ1n) is 8.21. The van der Waals surface area contributed by atoms with Gasteiger partial charge < -0.3 is 9.84 Å². The van der Waals surface area contributed by atoms with Crippen molar-refractivity contribution in [1.82, 2.24) is 0 Å². The zero-order valence-electron chi connectivity index (χ0n) is 13.1. The summed E-state index contributed by atoms with van der Waals surface area (Å²) in [5, 5.41) is 9.15. The van der Waals surface area contributed by atoms with Gasteiger partial charge in [0.1, 0.15) is 0 Å². The molecule has 0 aliphatic heterocycles. The van der Waals surface area contributed by atoms with Crippen molar-refractivity contribution in [3.8, 4) is 0 Å². The smallest absolute Gasteiger partial charge is 0.309 e. The van der Waals surface area contributed by atoms with E-state index in [-0.39, 0.29) is 5.97 Å². The Labute approximate surface area is 127 Å². The van der Waals surface area contributed by atoms with Gasteiger partial charge in [-0.3, -0.25) is 9.59 Å². The van der Waals surface area contributed by atoms with Crippen molar-refractivity contribution in [3.05, 3.63) is 12.2 Å². The molecule has 21 heavy (non-hydrogen) atoms. The minimum atomic E-state index is -0.868. The molecule has 2 atom stereocenters. The van der Waals surface area contributed by atoms with Crippen LogP contribution in [-0.4, -0.2) is 23.7 Å². The standard InChI is InChI=1S/C17H28O4/c1-2-3-4-5-6-7-10-13-21-17(20)15-12-9-8-11-14(15)16(18)19/h6-7,14-15H,2-5,8-13H2,1H3,(H,18,19)/b7-6+. The van der Waals surface area contributed by atoms with Crippen molar-refractivity contribution in [2.75, 3.05) is 6.61 Å². The van der Waals surface area contributed by atoms with Gasteiger partial charge in [0.25, 0.3) is 0 Å². The summed E-state index contributed by atoms with van der Waals surface area (Å²) < 4.78 is 5.24. The minimum absolute atomic E-state index is 0.332. The number of allylic oxidation sites excluding steroid dienone is 1. The van der Waals surface area contributed by atoms with Crippen molar-refractivity contribution in [1.29, 1.82) is 0 Å². The lowest BCUT2D eigenvalue weighted by Gasteiger charge is -2.26. The van der Waals surface area contributed by atoms with E-state index in [1.54, 1.807) is 0 Å². The molecule has 4 nitrogen and oxygen atoms in total. The first-order chi connectivity index (χ1) is 10.2. The summed E-state index contributed by atoms with van der Waals surface area (Å²) in [6.07, 6.45) is 12.7. The van der Waals surface area contributed by atoms with Crippen molar-refractivity contribution >= 4 is 11.9 Å². The van der Waals surface area contributed by atoms with E-state index in [2.05, 4.69) is 13.0 Å². The van der Waals surface area contributed by atoms with Crippen LogP contribution in [0, 0.1) is 11.8 Å². The van der Waals surface area contributed by atoms with E-state index < -0.39 is 17.8 Å². The van der Waals surface area contributed by atoms with Crippen LogP contribution in [0.3, 0.4) is 0 Å². The maximum atomic E-state index is 12.0. The Morgan fingerprint density at radius 3 is 2.43 bits per heavy atom. The Morgan fingerprint density at radius 1 is 1.10 bits per heavy atom. The third-order valence-corrected chi connectivity index (χ3v) is 4.06. The number of hydrogen-bond acceptors (Lipinski definition) is 3. The molecule has 2 unspecified atom stereocenters. The predicted molar refractivity (Wildman–Crippen MR) is 81.9 cm³/mol. The second-order valence-corrected chi connectivity index (χ2v) is 5.76. The average molecular weight is 296 g/mol. The number of carbonyl (C=O) groups is 2. The van der Waals surface area contributed by atoms with Gasteiger partial charge in [-0.05, 0) is 32.1 Å². The SMILES string of the molecule is CCCCC/C=C/CCOC(=O)C1CCCCC1C(=O)O. The summed E-state index contributed by atoms with van der Waals surface area (Å²) in [4.78, 5) is 23.1. The number of esters is 1. The lowest BCUT2D eigenvalue weighted by molar-refractivity contribution is -0.159. The maximum Gasteiger partial charge on any atom is 0.309 e. The van der Waals surface area contributed by atoms with Gasteiger partial charge in [-0.1, -0.05) is 44.8 Å². The summed E-state index contributed by atoms with van der Waals surface area (Å²) in [6.45, 7) is 2.53. The molecule has 0 bridgehead atoms. The molecule has 0 amide bonds. The van der Waals surface area contributed by atoms with E-state index in [4.69, 9.17) is 9.84 Å². The van der Waals surface area contributed by atoms with Crippen molar-refractivity contribution < 1.29 is 19.4 Å². The summed E-state index contributed by atoms with van der Waals surface area (Å²) in [5.41, 5.74) is 0. The minimum Gasteiger partial charge on any atom is -0.481 e. The van der Waals surface area contributed by atoms with Gasteiger partial charge in [0.2, 0.25) is 0 Å². The molecule has 0 saturated heterocycles. The largest absolute Gasteiger partial charge is 0.481 e. The molecule has 4 heteroatoms. The summed E-state index contributed by atoms with van der Waals surface area (Å²) in [6, 6.07) is 0. The van der Waals surface area contributed by atoms with E-state index in [1.165, 1.54) is 19.3 Å². The predicted octanol–water partition coefficient (Wildman–Crippen LogP) is 3.95. The fourth-order valence-corrected chi connectivity index (χ4v) is 2.79. The molecule has 1 aliphatic carbocycles. The Bertz CT molecular complexity index is 349. The molecule has 1 fully saturated rings. The molecular formula is C17H28O4. The Morgan fingerprint density at radius 2 is 1.76 bits per heavy atom. The van der Waals surface area contributed by atoms with Crippen LogP contribution in [0.25, 0.3) is 0 Å². The number of hydrogen-bond donors (Lipinski definition) is 1. The Hall–Kier alpha value is -1.32. The zero-order valence-corrected chi connectivity index (χ0v) is 13.1. The van der Waals surface area contributed by atoms with Gasteiger partial charge in [-0.15, -0.1) is 0 Å². The van der Waals surface area contributed by atoms with E-state index in [1.807, 2.05) is 6.08 Å². The zero-order chi connectivity index (χ0) is 15.5. The third kappa shape index (κ3) is 6.78. The van der Waals surface area contributed by atoms with Crippen LogP contribution < -0.4 is 0 Å². The van der Waals surface area contributed by atoms with Crippen molar-refractivity contribution in [3.63, 3.8) is 0 Å². The fourth-order valence-electron chi connectivity index (χ4n) is 2.79. The summed E-state index contributed by atoms with van der Waals surface area (Å²) >= 11 is 0. The molecule has 120 valence electrons. The van der Waals surface area contributed by atoms with Crippen LogP contribution >= 0.6 is 0 Å². The number of carboxylic acids is 1. The first kappa shape index (κ1) is 17.7. The van der Waals surface area contributed by atoms with E-state index in [0.29, 0.717) is 25.9 Å². The van der Waals surface area contributed by atoms with Crippen LogP contribution in [0.1, 0.15) is 64.7 Å². The molecule has 1 aliphatic rings. The van der Waals surface area contributed by atoms with Gasteiger partial charge in [0.15, 0.2) is 0 Å². The highest BCUT2D eigenvalue weighted by Gasteiger charge is 2.36. The first-order valence-corrected chi connectivity index (χ1v) is 8.21. The number of carboxylic acid groups (broad SMARTS) is 1. The molecular weight excluding hydrogens is 268 g/mol. The number of ether oxygens (including phenoxy) is 1. The van der Waals surface area contributed by atoms with E-state index in [0.717, 1.165) is 19.3 Å². The molecule has 0 aromatic heterocycles. The number of unbranched alkanes of at least 4 members (excludes halogenated alkanes) is 3. The molecule has 0 aromatic rings. The second kappa shape index (κ2) is 10.4. The van der Waals surface area contributed by atoms with Crippen LogP contribution in [0.4, 0.5) is 0 Å². The quantitative estimate of drug-likeness (QED) is 0.397. The van der Waals surface area contributed by atoms with E-state index >= 15 is 0 Å². The van der Waals surface area contributed by atoms with E-state index in [9.17, 15) is 9.59 Å². The highest BCUT2D eigenvalue weighted by Crippen LogP contribution is 2.31. The summed E-state index contributed by atoms with van der Waals surface area (Å²) in [7, 11) is 0. The van der Waals surface area contributed by atoms with Crippen molar-refractivity contribution in [2.24, 2.45) is 11.8 Å². The highest BCUT2D eigenvalue weighted by atomic mass is 16.5. The van der Waals surface area contributed by atoms with Crippen LogP contribution in [0.15, 0.2) is 12.2 Å². The molecule has 0 spiro atoms. The number of carbonyl (C=O) groups excluding carboxylic acids is 1. The second-order valence-electron chi connectivity index (χ2n) is 5.76. The van der Waals surface area contributed by atoms with Gasteiger partial charge in [-0.2, -0.15) is 0 Å². The van der Waals surface area contributed by atoms with Gasteiger partial charge in [-0.25, -0.2) is 0 Å². The highest BCUT2D eigenvalue weighted by molar-refractivity contribution is 5.81. The Kier molecular flexibility index (Phi) is 8.79. The number of aliphatic carboxylic acids is 1. The normalized spacial score (nSPS) is 22.3. The lowest BCUT2D eigenvalue weighted by Crippen LogP contribution is -2.33. The monoisotopic (exact) mass is 296 g/mol. The molecule has 0 heterocycles. The number of rotatable bonds is 9. The van der Waals surface area contributed by atoms with Gasteiger partial charge in [0, 0.05) is 0 Å². The third-order valence-electron chi connectivity index (χ3n) is 4.06. The molecule has 1 N–H and O–H groups in total. The molecule has 0 aromatic carbocycles. The topological polar surface area (TPSA) is 63.6 Å².